The summed E-state index contributed by atoms with van der Waals surface area (Å²) in [5.41, 5.74) is -0.824. The maximum absolute atomic E-state index is 13.1. The Balaban J connectivity index is 2.30. The molecule has 0 radical (unpaired) electrons. The number of nitrogens with one attached hydrogen (secondary N) is 3. The molecule has 2 aromatic rings. The molecule has 0 aliphatic heterocycles. The molecule has 1 aromatic carbocycles. The van der Waals surface area contributed by atoms with Crippen molar-refractivity contribution in [3.05, 3.63) is 29.6 Å². The van der Waals surface area contributed by atoms with Crippen molar-refractivity contribution in [1.82, 2.24) is 20.5 Å². The summed E-state index contributed by atoms with van der Waals surface area (Å²) in [6, 6.07) is 6.08. The minimum absolute atomic E-state index is 0.0406. The summed E-state index contributed by atoms with van der Waals surface area (Å²) < 4.78 is 26.2. The first-order valence-corrected chi connectivity index (χ1v) is 14.2. The molecular formula is C24H35N5O7S2. The second-order valence-corrected chi connectivity index (χ2v) is 13.6. The van der Waals surface area contributed by atoms with Crippen LogP contribution < -0.4 is 16.0 Å². The molecule has 2 rings (SSSR count). The van der Waals surface area contributed by atoms with Gasteiger partial charge in [-0.1, -0.05) is 32.9 Å². The van der Waals surface area contributed by atoms with Gasteiger partial charge in [-0.2, -0.15) is 0 Å². The molecule has 1 heterocycles. The molecular weight excluding hydrogens is 534 g/mol. The number of hydrogen-bond acceptors (Lipinski definition) is 8. The first-order chi connectivity index (χ1) is 17.3. The molecule has 0 spiro atoms. The van der Waals surface area contributed by atoms with Crippen LogP contribution >= 0.6 is 11.3 Å². The van der Waals surface area contributed by atoms with Crippen molar-refractivity contribution in [2.75, 3.05) is 17.6 Å². The number of rotatable bonds is 9. The molecule has 0 bridgehead atoms. The molecule has 1 aromatic heterocycles. The number of aromatic nitrogens is 1. The highest BCUT2D eigenvalue weighted by atomic mass is 32.2. The van der Waals surface area contributed by atoms with Crippen molar-refractivity contribution in [2.24, 2.45) is 5.41 Å². The largest absolute Gasteiger partial charge is 0.465 e. The fourth-order valence-corrected chi connectivity index (χ4v) is 5.91. The van der Waals surface area contributed by atoms with E-state index >= 15 is 0 Å². The number of carbonyl (C=O) groups excluding carboxylic acids is 1. The molecule has 38 heavy (non-hydrogen) atoms. The maximum Gasteiger partial charge on any atom is 0.410 e. The third kappa shape index (κ3) is 7.20. The average Bonchev–Trinajstić information content (AvgIpc) is 3.18. The van der Waals surface area contributed by atoms with E-state index in [9.17, 15) is 33.0 Å². The van der Waals surface area contributed by atoms with E-state index in [1.165, 1.54) is 30.4 Å². The van der Waals surface area contributed by atoms with Crippen LogP contribution in [-0.4, -0.2) is 70.2 Å². The average molecular weight is 570 g/mol. The summed E-state index contributed by atoms with van der Waals surface area (Å²) >= 11 is 1.24. The maximum atomic E-state index is 13.1. The van der Waals surface area contributed by atoms with Gasteiger partial charge in [0.1, 0.15) is 0 Å². The number of nitrogens with zero attached hydrogens (tertiary/aromatic N) is 2. The van der Waals surface area contributed by atoms with Crippen LogP contribution in [0.3, 0.4) is 0 Å². The second-order valence-electron chi connectivity index (χ2n) is 10.7. The predicted molar refractivity (Wildman–Crippen MR) is 145 cm³/mol. The van der Waals surface area contributed by atoms with E-state index in [-0.39, 0.29) is 17.3 Å². The molecule has 210 valence electrons. The summed E-state index contributed by atoms with van der Waals surface area (Å²) in [5, 5.41) is 29.6. The number of sulfone groups is 1. The summed E-state index contributed by atoms with van der Waals surface area (Å²) in [6.07, 6.45) is -2.85. The number of carbonyl (C=O) groups is 3. The zero-order valence-corrected chi connectivity index (χ0v) is 24.1. The van der Waals surface area contributed by atoms with Crippen molar-refractivity contribution < 1.29 is 33.0 Å². The molecule has 0 aliphatic carbocycles. The van der Waals surface area contributed by atoms with E-state index in [2.05, 4.69) is 20.9 Å². The number of carboxylic acid groups (broad SMARTS) is 2. The fourth-order valence-electron chi connectivity index (χ4n) is 3.99. The SMILES string of the molecule is CC(=O)Nc1nc(-c2ccc(S(=O)(=O)CCNC(NC(=O)O)(N(C(=O)O)C(C)(C)C)C(C)(C)C)cc2)cs1. The van der Waals surface area contributed by atoms with Crippen molar-refractivity contribution >= 4 is 44.4 Å². The van der Waals surface area contributed by atoms with Gasteiger partial charge >= 0.3 is 12.2 Å². The smallest absolute Gasteiger partial charge is 0.410 e. The Hall–Kier alpha value is -3.23. The molecule has 3 amide bonds. The Morgan fingerprint density at radius 2 is 1.61 bits per heavy atom. The lowest BCUT2D eigenvalue weighted by Crippen LogP contribution is -2.79. The minimum Gasteiger partial charge on any atom is -0.465 e. The lowest BCUT2D eigenvalue weighted by Gasteiger charge is -2.55. The number of thiazole rings is 1. The third-order valence-electron chi connectivity index (χ3n) is 5.62. The van der Waals surface area contributed by atoms with Crippen LogP contribution in [0.25, 0.3) is 11.3 Å². The van der Waals surface area contributed by atoms with E-state index in [0.29, 0.717) is 16.4 Å². The highest BCUT2D eigenvalue weighted by molar-refractivity contribution is 7.91. The van der Waals surface area contributed by atoms with Crippen LogP contribution in [0, 0.1) is 5.41 Å². The van der Waals surface area contributed by atoms with Crippen LogP contribution in [0.4, 0.5) is 14.7 Å². The number of anilines is 1. The summed E-state index contributed by atoms with van der Waals surface area (Å²) in [4.78, 5) is 40.6. The van der Waals surface area contributed by atoms with Gasteiger partial charge in [0.2, 0.25) is 5.91 Å². The third-order valence-corrected chi connectivity index (χ3v) is 8.11. The van der Waals surface area contributed by atoms with Crippen LogP contribution in [0.5, 0.6) is 0 Å². The van der Waals surface area contributed by atoms with Gasteiger partial charge in [0.15, 0.2) is 20.8 Å². The van der Waals surface area contributed by atoms with E-state index in [0.717, 1.165) is 4.90 Å². The minimum atomic E-state index is -3.83. The monoisotopic (exact) mass is 569 g/mol. The zero-order chi connectivity index (χ0) is 29.1. The van der Waals surface area contributed by atoms with Gasteiger partial charge in [-0.15, -0.1) is 11.3 Å². The van der Waals surface area contributed by atoms with E-state index in [1.807, 2.05) is 0 Å². The highest BCUT2D eigenvalue weighted by Crippen LogP contribution is 2.36. The lowest BCUT2D eigenvalue weighted by atomic mass is 9.83. The second kappa shape index (κ2) is 11.3. The molecule has 14 heteroatoms. The number of amides is 3. The van der Waals surface area contributed by atoms with Gasteiger partial charge in [0, 0.05) is 35.4 Å². The molecule has 0 aliphatic rings. The molecule has 1 atom stereocenters. The fraction of sp³-hybridized carbons (Fsp3) is 0.500. The standard InChI is InChI=1S/C24H35N5O7S2/c1-15(30)26-19-27-18(14-37-19)16-8-10-17(11-9-16)38(35,36)13-12-25-24(22(2,3)4,28-20(31)32)29(21(33)34)23(5,6)7/h8-11,14,25,28H,12-13H2,1-7H3,(H,31,32)(H,33,34)(H,26,27,30). The highest BCUT2D eigenvalue weighted by Gasteiger charge is 2.54. The normalized spacial score (nSPS) is 13.9. The molecule has 5 N–H and O–H groups in total. The Kier molecular flexibility index (Phi) is 9.18. The Bertz CT molecular complexity index is 1280. The lowest BCUT2D eigenvalue weighted by molar-refractivity contribution is -0.114. The topological polar surface area (TPSA) is 178 Å². The van der Waals surface area contributed by atoms with Crippen molar-refractivity contribution in [3.8, 4) is 11.3 Å². The van der Waals surface area contributed by atoms with E-state index in [1.54, 1.807) is 59.1 Å². The number of hydrogen-bond donors (Lipinski definition) is 5. The molecule has 0 fully saturated rings. The van der Waals surface area contributed by atoms with Gasteiger partial charge in [-0.3, -0.25) is 20.3 Å². The number of benzene rings is 1. The van der Waals surface area contributed by atoms with Crippen LogP contribution in [0.1, 0.15) is 48.5 Å². The first kappa shape index (κ1) is 31.0. The Morgan fingerprint density at radius 1 is 1.03 bits per heavy atom. The molecule has 12 nitrogen and oxygen atoms in total. The van der Waals surface area contributed by atoms with E-state index in [4.69, 9.17) is 0 Å². The zero-order valence-electron chi connectivity index (χ0n) is 22.4. The Morgan fingerprint density at radius 3 is 2.05 bits per heavy atom. The summed E-state index contributed by atoms with van der Waals surface area (Å²) in [5.74, 6) is -2.52. The van der Waals surface area contributed by atoms with Gasteiger partial charge in [-0.25, -0.2) is 23.0 Å². The van der Waals surface area contributed by atoms with Gasteiger partial charge in [0.05, 0.1) is 16.3 Å². The van der Waals surface area contributed by atoms with Crippen LogP contribution in [-0.2, 0) is 14.6 Å². The van der Waals surface area contributed by atoms with Gasteiger partial charge < -0.3 is 15.5 Å². The van der Waals surface area contributed by atoms with E-state index < -0.39 is 44.5 Å². The molecule has 1 unspecified atom stereocenters. The van der Waals surface area contributed by atoms with Crippen molar-refractivity contribution in [3.63, 3.8) is 0 Å². The molecule has 0 saturated carbocycles. The Labute approximate surface area is 226 Å². The van der Waals surface area contributed by atoms with Gasteiger partial charge in [-0.05, 0) is 32.9 Å². The van der Waals surface area contributed by atoms with Crippen molar-refractivity contribution in [1.29, 1.82) is 0 Å². The van der Waals surface area contributed by atoms with Gasteiger partial charge in [0.25, 0.3) is 0 Å². The molecule has 0 saturated heterocycles. The van der Waals surface area contributed by atoms with Crippen LogP contribution in [0.15, 0.2) is 34.5 Å². The van der Waals surface area contributed by atoms with Crippen molar-refractivity contribution in [2.45, 2.75) is 64.7 Å². The van der Waals surface area contributed by atoms with Crippen LogP contribution in [0.2, 0.25) is 0 Å². The summed E-state index contributed by atoms with van der Waals surface area (Å²) in [7, 11) is -3.83. The summed E-state index contributed by atoms with van der Waals surface area (Å²) in [6.45, 7) is 10.9. The first-order valence-electron chi connectivity index (χ1n) is 11.7. The quantitative estimate of drug-likeness (QED) is 0.280. The predicted octanol–water partition coefficient (Wildman–Crippen LogP) is 3.88.